The van der Waals surface area contributed by atoms with Crippen molar-refractivity contribution < 1.29 is 5.11 Å². The van der Waals surface area contributed by atoms with Crippen molar-refractivity contribution in [1.82, 2.24) is 15.4 Å². The van der Waals surface area contributed by atoms with Gasteiger partial charge in [0.2, 0.25) is 0 Å². The fourth-order valence-corrected chi connectivity index (χ4v) is 0.205. The summed E-state index contributed by atoms with van der Waals surface area (Å²) < 4.78 is 0. The maximum absolute atomic E-state index is 7.57. The summed E-state index contributed by atoms with van der Waals surface area (Å²) in [6.45, 7) is 1.93. The van der Waals surface area contributed by atoms with Crippen LogP contribution in [0.5, 0.6) is 0 Å². The van der Waals surface area contributed by atoms with E-state index in [9.17, 15) is 0 Å². The number of nitrogens with zero attached hydrogens (tertiary/aromatic N) is 3. The first kappa shape index (κ1) is 7.97. The summed E-state index contributed by atoms with van der Waals surface area (Å²) in [5, 5.41) is 17.7. The number of hydrogen-bond donors (Lipinski definition) is 1. The third-order valence-electron chi connectivity index (χ3n) is 0.409. The highest BCUT2D eigenvalue weighted by Gasteiger charge is 1.60. The van der Waals surface area contributed by atoms with E-state index in [0.29, 0.717) is 0 Å². The van der Waals surface area contributed by atoms with Crippen LogP contribution in [0.4, 0.5) is 0 Å². The lowest BCUT2D eigenvalue weighted by molar-refractivity contribution is 0.318. The highest BCUT2D eigenvalue weighted by atomic mass is 16.2. The molecule has 0 fully saturated rings. The zero-order chi connectivity index (χ0) is 6.95. The first-order valence-electron chi connectivity index (χ1n) is 2.61. The van der Waals surface area contributed by atoms with Crippen LogP contribution >= 0.6 is 0 Å². The lowest BCUT2D eigenvalue weighted by atomic mass is 10.7. The summed E-state index contributed by atoms with van der Waals surface area (Å²) in [5.41, 5.74) is 0. The number of aliphatic hydroxyl groups is 1. The molecule has 0 spiro atoms. The maximum atomic E-state index is 7.57. The molecule has 0 radical (unpaired) electrons. The van der Waals surface area contributed by atoms with Crippen LogP contribution in [0.3, 0.4) is 0 Å². The highest BCUT2D eigenvalue weighted by Crippen LogP contribution is 1.61. The van der Waals surface area contributed by atoms with E-state index in [0.717, 1.165) is 0 Å². The summed E-state index contributed by atoms with van der Waals surface area (Å²) in [6.07, 6.45) is 3.15. The maximum Gasteiger partial charge on any atom is 0.0529 e. The molecule has 0 aliphatic carbocycles. The minimum Gasteiger partial charge on any atom is -0.397 e. The summed E-state index contributed by atoms with van der Waals surface area (Å²) in [5.74, 6) is 0. The van der Waals surface area contributed by atoms with E-state index in [1.54, 1.807) is 25.4 Å². The quantitative estimate of drug-likeness (QED) is 0.527. The zero-order valence-corrected chi connectivity index (χ0v) is 5.23. The van der Waals surface area contributed by atoms with Crippen LogP contribution in [0.15, 0.2) is 18.5 Å². The normalized spacial score (nSPS) is 7.33. The molecular weight excluding hydrogens is 118 g/mol. The Morgan fingerprint density at radius 1 is 1.33 bits per heavy atom. The van der Waals surface area contributed by atoms with Gasteiger partial charge in [-0.15, -0.1) is 10.2 Å². The Bertz CT molecular complexity index is 95.1. The van der Waals surface area contributed by atoms with Gasteiger partial charge in [0.1, 0.15) is 0 Å². The van der Waals surface area contributed by atoms with E-state index in [-0.39, 0.29) is 6.61 Å². The number of hydrogen-bond acceptors (Lipinski definition) is 4. The minimum atomic E-state index is 0.250. The molecule has 0 amide bonds. The third-order valence-corrected chi connectivity index (χ3v) is 0.409. The molecule has 1 rings (SSSR count). The SMILES string of the molecule is CCO.c1cnnnc1. The lowest BCUT2D eigenvalue weighted by Crippen LogP contribution is -1.78. The standard InChI is InChI=1S/C3H3N3.C2H6O/c1-2-4-6-5-3-1;1-2-3/h1-3H;3H,2H2,1H3. The summed E-state index contributed by atoms with van der Waals surface area (Å²) in [4.78, 5) is 0. The van der Waals surface area contributed by atoms with Crippen molar-refractivity contribution in [2.24, 2.45) is 0 Å². The van der Waals surface area contributed by atoms with E-state index < -0.39 is 0 Å². The summed E-state index contributed by atoms with van der Waals surface area (Å²) in [7, 11) is 0. The lowest BCUT2D eigenvalue weighted by Gasteiger charge is -1.68. The fourth-order valence-electron chi connectivity index (χ4n) is 0.205. The molecule has 1 aromatic heterocycles. The van der Waals surface area contributed by atoms with Crippen molar-refractivity contribution in [3.05, 3.63) is 18.5 Å². The molecule has 4 heteroatoms. The van der Waals surface area contributed by atoms with Crippen molar-refractivity contribution >= 4 is 0 Å². The van der Waals surface area contributed by atoms with E-state index in [4.69, 9.17) is 5.11 Å². The monoisotopic (exact) mass is 127 g/mol. The molecule has 0 aromatic carbocycles. The number of rotatable bonds is 0. The molecule has 0 unspecified atom stereocenters. The molecule has 9 heavy (non-hydrogen) atoms. The van der Waals surface area contributed by atoms with Crippen molar-refractivity contribution in [2.45, 2.75) is 6.92 Å². The Balaban J connectivity index is 0.000000187. The Labute approximate surface area is 53.6 Å². The van der Waals surface area contributed by atoms with Gasteiger partial charge in [-0.05, 0) is 18.2 Å². The Kier molecular flexibility index (Phi) is 6.17. The van der Waals surface area contributed by atoms with Crippen LogP contribution in [-0.4, -0.2) is 27.1 Å². The second kappa shape index (κ2) is 6.97. The summed E-state index contributed by atoms with van der Waals surface area (Å²) in [6, 6.07) is 1.72. The molecule has 0 bridgehead atoms. The van der Waals surface area contributed by atoms with Gasteiger partial charge >= 0.3 is 0 Å². The predicted octanol–water partition coefficient (Wildman–Crippen LogP) is -0.130. The van der Waals surface area contributed by atoms with Gasteiger partial charge in [0.15, 0.2) is 0 Å². The van der Waals surface area contributed by atoms with Crippen LogP contribution < -0.4 is 0 Å². The van der Waals surface area contributed by atoms with Crippen molar-refractivity contribution in [3.8, 4) is 0 Å². The fraction of sp³-hybridized carbons (Fsp3) is 0.400. The molecule has 1 heterocycles. The van der Waals surface area contributed by atoms with E-state index >= 15 is 0 Å². The van der Waals surface area contributed by atoms with Gasteiger partial charge in [0.25, 0.3) is 0 Å². The average molecular weight is 127 g/mol. The third kappa shape index (κ3) is 6.97. The second-order valence-corrected chi connectivity index (χ2v) is 1.13. The Hall–Kier alpha value is -1.03. The van der Waals surface area contributed by atoms with Crippen LogP contribution in [0.25, 0.3) is 0 Å². The first-order valence-corrected chi connectivity index (χ1v) is 2.61. The van der Waals surface area contributed by atoms with Gasteiger partial charge in [-0.2, -0.15) is 0 Å². The van der Waals surface area contributed by atoms with Crippen LogP contribution in [0.1, 0.15) is 6.92 Å². The van der Waals surface area contributed by atoms with Crippen LogP contribution in [0.2, 0.25) is 0 Å². The van der Waals surface area contributed by atoms with Crippen molar-refractivity contribution in [3.63, 3.8) is 0 Å². The molecule has 1 aromatic rings. The van der Waals surface area contributed by atoms with Gasteiger partial charge < -0.3 is 5.11 Å². The average Bonchev–Trinajstić information content (AvgIpc) is 1.93. The molecular formula is C5H9N3O. The highest BCUT2D eigenvalue weighted by molar-refractivity contribution is 4.69. The van der Waals surface area contributed by atoms with Gasteiger partial charge in [0.05, 0.1) is 12.4 Å². The molecule has 0 saturated carbocycles. The summed E-state index contributed by atoms with van der Waals surface area (Å²) >= 11 is 0. The Morgan fingerprint density at radius 3 is 1.89 bits per heavy atom. The number of aromatic nitrogens is 3. The zero-order valence-electron chi connectivity index (χ0n) is 5.23. The molecule has 4 nitrogen and oxygen atoms in total. The molecule has 50 valence electrons. The molecule has 1 N–H and O–H groups in total. The van der Waals surface area contributed by atoms with E-state index in [1.807, 2.05) is 0 Å². The van der Waals surface area contributed by atoms with Crippen LogP contribution in [-0.2, 0) is 0 Å². The molecule has 0 atom stereocenters. The largest absolute Gasteiger partial charge is 0.397 e. The first-order chi connectivity index (χ1) is 4.41. The van der Waals surface area contributed by atoms with Crippen molar-refractivity contribution in [1.29, 1.82) is 0 Å². The smallest absolute Gasteiger partial charge is 0.0529 e. The molecule has 0 aliphatic heterocycles. The predicted molar refractivity (Wildman–Crippen MR) is 32.6 cm³/mol. The van der Waals surface area contributed by atoms with E-state index in [2.05, 4.69) is 15.4 Å². The molecule has 0 aliphatic rings. The minimum absolute atomic E-state index is 0.250. The topological polar surface area (TPSA) is 58.9 Å². The van der Waals surface area contributed by atoms with Gasteiger partial charge in [0, 0.05) is 6.61 Å². The second-order valence-electron chi connectivity index (χ2n) is 1.13. The van der Waals surface area contributed by atoms with Gasteiger partial charge in [-0.1, -0.05) is 0 Å². The van der Waals surface area contributed by atoms with Gasteiger partial charge in [-0.25, -0.2) is 0 Å². The van der Waals surface area contributed by atoms with Gasteiger partial charge in [-0.3, -0.25) is 0 Å². The van der Waals surface area contributed by atoms with Crippen molar-refractivity contribution in [2.75, 3.05) is 6.61 Å². The number of aliphatic hydroxyl groups excluding tert-OH is 1. The molecule has 0 saturated heterocycles. The Morgan fingerprint density at radius 2 is 1.78 bits per heavy atom. The van der Waals surface area contributed by atoms with E-state index in [1.165, 1.54) is 0 Å². The van der Waals surface area contributed by atoms with Crippen LogP contribution in [0, 0.1) is 0 Å².